The fraction of sp³-hybridized carbons (Fsp3) is 0.143. The molecule has 0 fully saturated rings. The lowest BCUT2D eigenvalue weighted by molar-refractivity contribution is 0.149. The summed E-state index contributed by atoms with van der Waals surface area (Å²) in [4.78, 5) is 0.237. The zero-order valence-corrected chi connectivity index (χ0v) is 6.98. The first-order valence-electron chi connectivity index (χ1n) is 3.23. The van der Waals surface area contributed by atoms with Crippen molar-refractivity contribution in [3.63, 3.8) is 0 Å². The molecule has 2 nitrogen and oxygen atoms in total. The van der Waals surface area contributed by atoms with Crippen molar-refractivity contribution in [3.8, 4) is 0 Å². The molecule has 0 aliphatic carbocycles. The van der Waals surface area contributed by atoms with Gasteiger partial charge in [-0.25, -0.2) is 8.78 Å². The van der Waals surface area contributed by atoms with Gasteiger partial charge in [-0.1, -0.05) is 6.07 Å². The molecule has 12 heavy (non-hydrogen) atoms. The number of anilines is 1. The first-order valence-corrected chi connectivity index (χ1v) is 3.68. The van der Waals surface area contributed by atoms with Crippen LogP contribution in [0.25, 0.3) is 0 Å². The minimum Gasteiger partial charge on any atom is -0.324 e. The monoisotopic (exact) mass is 190 g/mol. The van der Waals surface area contributed by atoms with Crippen molar-refractivity contribution in [1.29, 1.82) is 0 Å². The molecule has 66 valence electrons. The molecule has 0 amide bonds. The molecular weight excluding hydrogens is 182 g/mol. The first-order chi connectivity index (χ1) is 5.66. The van der Waals surface area contributed by atoms with Crippen LogP contribution in [0.4, 0.5) is 14.5 Å². The molecule has 0 bridgehead atoms. The number of alkyl halides is 2. The van der Waals surface area contributed by atoms with Crippen LogP contribution in [0.1, 0.15) is 12.0 Å². The molecule has 0 saturated heterocycles. The molecule has 0 heterocycles. The molecule has 0 aliphatic rings. The molecule has 0 radical (unpaired) electrons. The summed E-state index contributed by atoms with van der Waals surface area (Å²) in [5, 5.41) is 0. The Morgan fingerprint density at radius 1 is 1.42 bits per heavy atom. The molecule has 5 heteroatoms. The molecule has 0 saturated carbocycles. The van der Waals surface area contributed by atoms with Crippen LogP contribution in [0.5, 0.6) is 0 Å². The van der Waals surface area contributed by atoms with Gasteiger partial charge in [-0.15, -0.1) is 12.6 Å². The maximum atomic E-state index is 12.3. The number of hydrogen-bond acceptors (Lipinski definition) is 3. The van der Waals surface area contributed by atoms with E-state index < -0.39 is 6.43 Å². The number of nitrogen functional groups attached to an aromatic ring is 1. The van der Waals surface area contributed by atoms with Crippen LogP contribution in [-0.2, 0) is 0 Å². The van der Waals surface area contributed by atoms with Gasteiger partial charge >= 0.3 is 0 Å². The van der Waals surface area contributed by atoms with E-state index in [1.165, 1.54) is 12.1 Å². The van der Waals surface area contributed by atoms with Gasteiger partial charge in [0.2, 0.25) is 0 Å². The molecule has 3 N–H and O–H groups in total. The van der Waals surface area contributed by atoms with Crippen LogP contribution < -0.4 is 11.3 Å². The Bertz CT molecular complexity index is 278. The second-order valence-electron chi connectivity index (χ2n) is 2.18. The number of halogens is 2. The standard InChI is InChI=1S/C7H8F2N2S/c8-7(9)6-4(11-10)2-1-3-5(6)12/h1-3,7,11-12H,10H2. The Hall–Kier alpha value is -0.810. The second-order valence-corrected chi connectivity index (χ2v) is 2.67. The van der Waals surface area contributed by atoms with Gasteiger partial charge in [0.25, 0.3) is 6.43 Å². The average Bonchev–Trinajstić information content (AvgIpc) is 2.03. The van der Waals surface area contributed by atoms with Crippen molar-refractivity contribution in [1.82, 2.24) is 0 Å². The molecule has 1 rings (SSSR count). The van der Waals surface area contributed by atoms with Crippen LogP contribution in [0.2, 0.25) is 0 Å². The first kappa shape index (κ1) is 9.28. The SMILES string of the molecule is NNc1cccc(S)c1C(F)F. The van der Waals surface area contributed by atoms with Crippen LogP contribution in [0.15, 0.2) is 23.1 Å². The Balaban J connectivity index is 3.20. The van der Waals surface area contributed by atoms with Crippen molar-refractivity contribution in [2.45, 2.75) is 11.3 Å². The molecular formula is C7H8F2N2S. The normalized spacial score (nSPS) is 10.4. The van der Waals surface area contributed by atoms with Crippen molar-refractivity contribution < 1.29 is 8.78 Å². The van der Waals surface area contributed by atoms with E-state index in [1.54, 1.807) is 6.07 Å². The lowest BCUT2D eigenvalue weighted by Gasteiger charge is -2.09. The number of thiol groups is 1. The van der Waals surface area contributed by atoms with E-state index in [0.717, 1.165) is 0 Å². The van der Waals surface area contributed by atoms with E-state index >= 15 is 0 Å². The van der Waals surface area contributed by atoms with E-state index in [2.05, 4.69) is 18.1 Å². The maximum Gasteiger partial charge on any atom is 0.266 e. The third kappa shape index (κ3) is 1.67. The number of benzene rings is 1. The Labute approximate surface area is 74.1 Å². The highest BCUT2D eigenvalue weighted by Crippen LogP contribution is 2.31. The summed E-state index contributed by atoms with van der Waals surface area (Å²) in [5.41, 5.74) is 2.23. The van der Waals surface area contributed by atoms with Crippen LogP contribution >= 0.6 is 12.6 Å². The number of nitrogens with two attached hydrogens (primary N) is 1. The second kappa shape index (κ2) is 3.73. The van der Waals surface area contributed by atoms with Gasteiger partial charge in [-0.2, -0.15) is 0 Å². The lowest BCUT2D eigenvalue weighted by atomic mass is 10.2. The minimum absolute atomic E-state index is 0.164. The summed E-state index contributed by atoms with van der Waals surface area (Å²) in [6, 6.07) is 4.57. The third-order valence-corrected chi connectivity index (χ3v) is 1.85. The summed E-state index contributed by atoms with van der Waals surface area (Å²) in [5.74, 6) is 5.04. The van der Waals surface area contributed by atoms with Gasteiger partial charge in [0.1, 0.15) is 0 Å². The van der Waals surface area contributed by atoms with Crippen molar-refractivity contribution >= 4 is 18.3 Å². The van der Waals surface area contributed by atoms with Crippen molar-refractivity contribution in [2.24, 2.45) is 5.84 Å². The summed E-state index contributed by atoms with van der Waals surface area (Å²) < 4.78 is 24.7. The molecule has 1 aromatic carbocycles. The van der Waals surface area contributed by atoms with Crippen LogP contribution in [-0.4, -0.2) is 0 Å². The number of rotatable bonds is 2. The van der Waals surface area contributed by atoms with E-state index in [9.17, 15) is 8.78 Å². The summed E-state index contributed by atoms with van der Waals surface area (Å²) in [7, 11) is 0. The summed E-state index contributed by atoms with van der Waals surface area (Å²) in [6.45, 7) is 0. The van der Waals surface area contributed by atoms with E-state index in [1.807, 2.05) is 0 Å². The fourth-order valence-corrected chi connectivity index (χ4v) is 1.21. The molecule has 0 unspecified atom stereocenters. The van der Waals surface area contributed by atoms with Crippen LogP contribution in [0, 0.1) is 0 Å². The maximum absolute atomic E-state index is 12.3. The third-order valence-electron chi connectivity index (χ3n) is 1.46. The molecule has 0 aliphatic heterocycles. The Morgan fingerprint density at radius 3 is 2.50 bits per heavy atom. The van der Waals surface area contributed by atoms with Gasteiger partial charge in [-0.3, -0.25) is 5.84 Å². The predicted molar refractivity (Wildman–Crippen MR) is 46.5 cm³/mol. The largest absolute Gasteiger partial charge is 0.324 e. The smallest absolute Gasteiger partial charge is 0.266 e. The summed E-state index contributed by atoms with van der Waals surface area (Å²) in [6.07, 6.45) is -2.57. The molecule has 0 atom stereocenters. The quantitative estimate of drug-likeness (QED) is 0.380. The molecule has 0 spiro atoms. The minimum atomic E-state index is -2.57. The van der Waals surface area contributed by atoms with Crippen LogP contribution in [0.3, 0.4) is 0 Å². The average molecular weight is 190 g/mol. The van der Waals surface area contributed by atoms with E-state index in [0.29, 0.717) is 0 Å². The predicted octanol–water partition coefficient (Wildman–Crippen LogP) is 2.20. The Kier molecular flexibility index (Phi) is 2.88. The number of hydrazine groups is 1. The van der Waals surface area contributed by atoms with Gasteiger partial charge < -0.3 is 5.43 Å². The van der Waals surface area contributed by atoms with E-state index in [4.69, 9.17) is 5.84 Å². The van der Waals surface area contributed by atoms with Crippen molar-refractivity contribution in [2.75, 3.05) is 5.43 Å². The van der Waals surface area contributed by atoms with Gasteiger partial charge in [0.05, 0.1) is 11.3 Å². The zero-order chi connectivity index (χ0) is 9.14. The Morgan fingerprint density at radius 2 is 2.08 bits per heavy atom. The molecule has 1 aromatic rings. The highest BCUT2D eigenvalue weighted by Gasteiger charge is 2.14. The van der Waals surface area contributed by atoms with Gasteiger partial charge in [0, 0.05) is 4.90 Å². The summed E-state index contributed by atoms with van der Waals surface area (Å²) >= 11 is 3.89. The molecule has 0 aromatic heterocycles. The highest BCUT2D eigenvalue weighted by atomic mass is 32.1. The lowest BCUT2D eigenvalue weighted by Crippen LogP contribution is -2.09. The highest BCUT2D eigenvalue weighted by molar-refractivity contribution is 7.80. The zero-order valence-electron chi connectivity index (χ0n) is 6.09. The fourth-order valence-electron chi connectivity index (χ4n) is 0.908. The van der Waals surface area contributed by atoms with Gasteiger partial charge in [-0.05, 0) is 12.1 Å². The van der Waals surface area contributed by atoms with Crippen molar-refractivity contribution in [3.05, 3.63) is 23.8 Å². The van der Waals surface area contributed by atoms with E-state index in [-0.39, 0.29) is 16.1 Å². The topological polar surface area (TPSA) is 38.0 Å². The van der Waals surface area contributed by atoms with Gasteiger partial charge in [0.15, 0.2) is 0 Å². The number of nitrogens with one attached hydrogen (secondary N) is 1. The number of hydrogen-bond donors (Lipinski definition) is 3.